The highest BCUT2D eigenvalue weighted by atomic mass is 35.5. The fourth-order valence-corrected chi connectivity index (χ4v) is 1.73. The van der Waals surface area contributed by atoms with Gasteiger partial charge in [-0.1, -0.05) is 23.7 Å². The molecule has 1 atom stereocenters. The van der Waals surface area contributed by atoms with Gasteiger partial charge in [-0.2, -0.15) is 13.2 Å². The third kappa shape index (κ3) is 4.41. The molecule has 0 aliphatic carbocycles. The zero-order valence-electron chi connectivity index (χ0n) is 8.60. The average Bonchev–Trinajstić information content (AvgIpc) is 2.16. The lowest BCUT2D eigenvalue weighted by molar-refractivity contribution is -0.139. The molecule has 1 aromatic carbocycles. The Morgan fingerprint density at radius 1 is 1.19 bits per heavy atom. The van der Waals surface area contributed by atoms with Crippen LogP contribution in [-0.2, 0) is 0 Å². The first kappa shape index (κ1) is 13.3. The number of rotatable bonds is 4. The van der Waals surface area contributed by atoms with Crippen molar-refractivity contribution in [3.8, 4) is 0 Å². The molecule has 0 saturated carbocycles. The third-order valence-corrected chi connectivity index (χ3v) is 2.59. The van der Waals surface area contributed by atoms with Crippen LogP contribution in [0, 0.1) is 0 Å². The van der Waals surface area contributed by atoms with E-state index >= 15 is 0 Å². The second-order valence-electron chi connectivity index (χ2n) is 3.65. The van der Waals surface area contributed by atoms with Crippen molar-refractivity contribution in [3.63, 3.8) is 0 Å². The number of hydrogen-bond acceptors (Lipinski definition) is 1. The Labute approximate surface area is 97.4 Å². The third-order valence-electron chi connectivity index (χ3n) is 2.33. The number of nitrogens with two attached hydrogens (primary N) is 1. The van der Waals surface area contributed by atoms with Gasteiger partial charge < -0.3 is 5.73 Å². The highest BCUT2D eigenvalue weighted by Gasteiger charge is 2.32. The topological polar surface area (TPSA) is 26.0 Å². The summed E-state index contributed by atoms with van der Waals surface area (Å²) in [6.45, 7) is 0.239. The molecule has 1 nitrogen and oxygen atoms in total. The second kappa shape index (κ2) is 5.55. The van der Waals surface area contributed by atoms with Crippen molar-refractivity contribution in [1.29, 1.82) is 0 Å². The van der Waals surface area contributed by atoms with Gasteiger partial charge in [0.25, 0.3) is 0 Å². The van der Waals surface area contributed by atoms with Gasteiger partial charge in [-0.05, 0) is 36.6 Å². The van der Waals surface area contributed by atoms with Crippen molar-refractivity contribution >= 4 is 11.6 Å². The van der Waals surface area contributed by atoms with Crippen LogP contribution in [0.1, 0.15) is 24.3 Å². The van der Waals surface area contributed by atoms with E-state index in [1.54, 1.807) is 24.3 Å². The Morgan fingerprint density at radius 2 is 1.75 bits per heavy atom. The summed E-state index contributed by atoms with van der Waals surface area (Å²) in [5.41, 5.74) is 5.95. The van der Waals surface area contributed by atoms with Crippen molar-refractivity contribution in [1.82, 2.24) is 0 Å². The van der Waals surface area contributed by atoms with Gasteiger partial charge in [-0.15, -0.1) is 0 Å². The zero-order chi connectivity index (χ0) is 12.2. The van der Waals surface area contributed by atoms with E-state index in [4.69, 9.17) is 17.3 Å². The first-order valence-electron chi connectivity index (χ1n) is 4.94. The summed E-state index contributed by atoms with van der Waals surface area (Å²) in [5.74, 6) is -0.581. The van der Waals surface area contributed by atoms with Crippen molar-refractivity contribution < 1.29 is 13.2 Å². The minimum absolute atomic E-state index is 0.239. The molecule has 0 aliphatic heterocycles. The van der Waals surface area contributed by atoms with Gasteiger partial charge >= 0.3 is 6.18 Å². The largest absolute Gasteiger partial charge is 0.389 e. The Balaban J connectivity index is 2.80. The van der Waals surface area contributed by atoms with Crippen LogP contribution in [0.5, 0.6) is 0 Å². The van der Waals surface area contributed by atoms with Crippen LogP contribution in [-0.4, -0.2) is 12.7 Å². The molecular formula is C11H13ClF3N. The SMILES string of the molecule is NCCC(CC(F)(F)F)c1ccc(Cl)cc1. The molecule has 0 spiro atoms. The van der Waals surface area contributed by atoms with Gasteiger partial charge in [0, 0.05) is 5.02 Å². The second-order valence-corrected chi connectivity index (χ2v) is 4.08. The minimum atomic E-state index is -4.17. The van der Waals surface area contributed by atoms with Crippen molar-refractivity contribution in [2.24, 2.45) is 5.73 Å². The van der Waals surface area contributed by atoms with Gasteiger partial charge in [0.1, 0.15) is 0 Å². The Kier molecular flexibility index (Phi) is 4.62. The van der Waals surface area contributed by atoms with Crippen molar-refractivity contribution in [2.45, 2.75) is 24.9 Å². The molecule has 0 bridgehead atoms. The Hall–Kier alpha value is -0.740. The highest BCUT2D eigenvalue weighted by molar-refractivity contribution is 6.30. The van der Waals surface area contributed by atoms with Crippen molar-refractivity contribution in [3.05, 3.63) is 34.9 Å². The van der Waals surface area contributed by atoms with Gasteiger partial charge in [0.05, 0.1) is 6.42 Å². The van der Waals surface area contributed by atoms with E-state index in [1.807, 2.05) is 0 Å². The first-order valence-corrected chi connectivity index (χ1v) is 5.32. The quantitative estimate of drug-likeness (QED) is 0.867. The van der Waals surface area contributed by atoms with E-state index < -0.39 is 18.5 Å². The molecule has 0 saturated heterocycles. The first-order chi connectivity index (χ1) is 7.42. The zero-order valence-corrected chi connectivity index (χ0v) is 9.35. The number of hydrogen-bond donors (Lipinski definition) is 1. The van der Waals surface area contributed by atoms with Gasteiger partial charge in [-0.25, -0.2) is 0 Å². The van der Waals surface area contributed by atoms with Gasteiger partial charge in [-0.3, -0.25) is 0 Å². The van der Waals surface area contributed by atoms with Gasteiger partial charge in [0.15, 0.2) is 0 Å². The van der Waals surface area contributed by atoms with Crippen LogP contribution in [0.15, 0.2) is 24.3 Å². The maximum absolute atomic E-state index is 12.3. The van der Waals surface area contributed by atoms with Crippen molar-refractivity contribution in [2.75, 3.05) is 6.54 Å². The molecule has 0 amide bonds. The van der Waals surface area contributed by atoms with Crippen LogP contribution in [0.2, 0.25) is 5.02 Å². The van der Waals surface area contributed by atoms with E-state index in [0.717, 1.165) is 0 Å². The number of alkyl halides is 3. The van der Waals surface area contributed by atoms with Gasteiger partial charge in [0.2, 0.25) is 0 Å². The summed E-state index contributed by atoms with van der Waals surface area (Å²) >= 11 is 5.68. The van der Waals surface area contributed by atoms with Crippen LogP contribution in [0.4, 0.5) is 13.2 Å². The molecule has 0 radical (unpaired) electrons. The summed E-state index contributed by atoms with van der Waals surface area (Å²) in [5, 5.41) is 0.516. The monoisotopic (exact) mass is 251 g/mol. The summed E-state index contributed by atoms with van der Waals surface area (Å²) in [4.78, 5) is 0. The molecule has 1 aromatic rings. The summed E-state index contributed by atoms with van der Waals surface area (Å²) in [6, 6.07) is 6.43. The standard InChI is InChI=1S/C11H13ClF3N/c12-10-3-1-8(2-4-10)9(5-6-16)7-11(13,14)15/h1-4,9H,5-7,16H2. The fraction of sp³-hybridized carbons (Fsp3) is 0.455. The molecule has 0 aliphatic rings. The fourth-order valence-electron chi connectivity index (χ4n) is 1.60. The van der Waals surface area contributed by atoms with Crippen LogP contribution < -0.4 is 5.73 Å². The maximum Gasteiger partial charge on any atom is 0.389 e. The van der Waals surface area contributed by atoms with E-state index in [0.29, 0.717) is 17.0 Å². The predicted octanol–water partition coefficient (Wildman–Crippen LogP) is 3.72. The maximum atomic E-state index is 12.3. The molecule has 1 unspecified atom stereocenters. The lowest BCUT2D eigenvalue weighted by atomic mass is 9.92. The molecule has 5 heteroatoms. The lowest BCUT2D eigenvalue weighted by Crippen LogP contribution is -2.16. The minimum Gasteiger partial charge on any atom is -0.330 e. The summed E-state index contributed by atoms with van der Waals surface area (Å²) in [7, 11) is 0. The van der Waals surface area contributed by atoms with Crippen LogP contribution in [0.3, 0.4) is 0 Å². The molecular weight excluding hydrogens is 239 g/mol. The van der Waals surface area contributed by atoms with Crippen LogP contribution >= 0.6 is 11.6 Å². The summed E-state index contributed by atoms with van der Waals surface area (Å²) in [6.07, 6.45) is -4.69. The number of halogens is 4. The molecule has 1 rings (SSSR count). The predicted molar refractivity (Wildman–Crippen MR) is 58.5 cm³/mol. The average molecular weight is 252 g/mol. The Morgan fingerprint density at radius 3 is 2.19 bits per heavy atom. The molecule has 0 aromatic heterocycles. The van der Waals surface area contributed by atoms with E-state index in [1.165, 1.54) is 0 Å². The van der Waals surface area contributed by atoms with E-state index in [9.17, 15) is 13.2 Å². The van der Waals surface area contributed by atoms with E-state index in [-0.39, 0.29) is 6.54 Å². The smallest absolute Gasteiger partial charge is 0.330 e. The van der Waals surface area contributed by atoms with E-state index in [2.05, 4.69) is 0 Å². The molecule has 0 heterocycles. The molecule has 0 fully saturated rings. The summed E-state index contributed by atoms with van der Waals surface area (Å²) < 4.78 is 37.0. The molecule has 90 valence electrons. The molecule has 2 N–H and O–H groups in total. The van der Waals surface area contributed by atoms with Crippen LogP contribution in [0.25, 0.3) is 0 Å². The lowest BCUT2D eigenvalue weighted by Gasteiger charge is -2.18. The number of benzene rings is 1. The molecule has 16 heavy (non-hydrogen) atoms. The normalized spacial score (nSPS) is 13.8. The highest BCUT2D eigenvalue weighted by Crippen LogP contribution is 2.33. The Bertz CT molecular complexity index is 321.